The number of ether oxygens (including phenoxy) is 2. The van der Waals surface area contributed by atoms with Gasteiger partial charge in [-0.25, -0.2) is 0 Å². The Hall–Kier alpha value is -2.71. The van der Waals surface area contributed by atoms with E-state index in [0.717, 1.165) is 34.1 Å². The molecule has 3 aromatic rings. The van der Waals surface area contributed by atoms with Crippen molar-refractivity contribution in [2.45, 2.75) is 175 Å². The summed E-state index contributed by atoms with van der Waals surface area (Å²) in [6.45, 7) is 45.4. The van der Waals surface area contributed by atoms with Gasteiger partial charge < -0.3 is 32.3 Å². The minimum Gasteiger partial charge on any atom is -0.543 e. The normalized spacial score (nSPS) is 13.7. The van der Waals surface area contributed by atoms with Crippen molar-refractivity contribution >= 4 is 33.3 Å². The smallest absolute Gasteiger partial charge is 0.250 e. The van der Waals surface area contributed by atoms with E-state index in [4.69, 9.17) is 27.2 Å². The van der Waals surface area contributed by atoms with Crippen LogP contribution in [0.15, 0.2) is 54.6 Å². The van der Waals surface area contributed by atoms with Gasteiger partial charge in [-0.05, 0) is 126 Å². The van der Waals surface area contributed by atoms with E-state index in [2.05, 4.69) is 160 Å². The first-order valence-corrected chi connectivity index (χ1v) is 31.8. The van der Waals surface area contributed by atoms with Crippen molar-refractivity contribution in [3.8, 4) is 34.5 Å². The lowest BCUT2D eigenvalue weighted by Gasteiger charge is -2.38. The lowest BCUT2D eigenvalue weighted by atomic mass is 10.2. The Morgan fingerprint density at radius 3 is 0.786 bits per heavy atom. The summed E-state index contributed by atoms with van der Waals surface area (Å²) < 4.78 is 40.0. The van der Waals surface area contributed by atoms with Gasteiger partial charge >= 0.3 is 0 Å². The molecule has 0 radical (unpaired) electrons. The zero-order valence-electron chi connectivity index (χ0n) is 38.7. The molecule has 7 nitrogen and oxygen atoms in total. The topological polar surface area (TPSA) is 75.6 Å². The van der Waals surface area contributed by atoms with Crippen molar-refractivity contribution in [1.82, 2.24) is 0 Å². The molecule has 0 amide bonds. The first-order valence-electron chi connectivity index (χ1n) is 20.2. The average Bonchev–Trinajstić information content (AvgIpc) is 2.99. The molecule has 0 atom stereocenters. The molecule has 0 saturated carbocycles. The lowest BCUT2D eigenvalue weighted by Crippen LogP contribution is -2.44. The quantitative estimate of drug-likeness (QED) is 0.153. The van der Waals surface area contributed by atoms with Crippen molar-refractivity contribution in [3.63, 3.8) is 0 Å². The van der Waals surface area contributed by atoms with E-state index in [9.17, 15) is 5.11 Å². The van der Waals surface area contributed by atoms with Gasteiger partial charge in [0, 0.05) is 18.2 Å². The van der Waals surface area contributed by atoms with Gasteiger partial charge in [-0.2, -0.15) is 0 Å². The van der Waals surface area contributed by atoms with Gasteiger partial charge in [0.25, 0.3) is 0 Å². The van der Waals surface area contributed by atoms with Crippen LogP contribution in [0, 0.1) is 0 Å². The molecule has 56 heavy (non-hydrogen) atoms. The molecule has 0 fully saturated rings. The highest BCUT2D eigenvalue weighted by molar-refractivity contribution is 6.76. The van der Waals surface area contributed by atoms with E-state index in [-0.39, 0.29) is 40.0 Å². The Bertz CT molecular complexity index is 1570. The zero-order valence-corrected chi connectivity index (χ0v) is 42.7. The minimum atomic E-state index is -2.12. The molecule has 314 valence electrons. The molecule has 0 bridgehead atoms. The molecule has 0 unspecified atom stereocenters. The average molecular weight is 841 g/mol. The Kier molecular flexibility index (Phi) is 14.4. The van der Waals surface area contributed by atoms with Gasteiger partial charge in [0.05, 0.1) is 6.61 Å². The van der Waals surface area contributed by atoms with Crippen LogP contribution in [0.25, 0.3) is 0 Å². The van der Waals surface area contributed by atoms with Crippen LogP contribution in [0.3, 0.4) is 0 Å². The highest BCUT2D eigenvalue weighted by Gasteiger charge is 2.42. The summed E-state index contributed by atoms with van der Waals surface area (Å²) in [4.78, 5) is 0. The van der Waals surface area contributed by atoms with E-state index >= 15 is 0 Å². The van der Waals surface area contributed by atoms with E-state index in [1.54, 1.807) is 0 Å². The Labute approximate surface area is 345 Å². The monoisotopic (exact) mass is 840 g/mol. The number of aliphatic hydroxyl groups excluding tert-OH is 1. The van der Waals surface area contributed by atoms with Gasteiger partial charge in [0.1, 0.15) is 47.7 Å². The van der Waals surface area contributed by atoms with Crippen LogP contribution in [0.5, 0.6) is 34.5 Å². The van der Waals surface area contributed by atoms with Crippen LogP contribution in [0.4, 0.5) is 0 Å². The number of hydrogen-bond acceptors (Lipinski definition) is 7. The van der Waals surface area contributed by atoms with Crippen LogP contribution >= 0.6 is 0 Å². The number of hydrogen-bond donors (Lipinski definition) is 1. The fourth-order valence-corrected chi connectivity index (χ4v) is 8.73. The Morgan fingerprint density at radius 2 is 0.571 bits per heavy atom. The van der Waals surface area contributed by atoms with E-state index in [1.807, 2.05) is 30.3 Å². The van der Waals surface area contributed by atoms with Crippen molar-refractivity contribution in [2.75, 3.05) is 0 Å². The second-order valence-electron chi connectivity index (χ2n) is 21.6. The molecular weight excluding hydrogens is 765 g/mol. The highest BCUT2D eigenvalue weighted by Crippen LogP contribution is 2.43. The molecule has 3 aromatic carbocycles. The predicted octanol–water partition coefficient (Wildman–Crippen LogP) is 13.9. The van der Waals surface area contributed by atoms with Crippen LogP contribution in [-0.2, 0) is 19.8 Å². The summed E-state index contributed by atoms with van der Waals surface area (Å²) in [6.07, 6.45) is 0. The van der Waals surface area contributed by atoms with Crippen LogP contribution in [0.1, 0.15) is 99.8 Å². The van der Waals surface area contributed by atoms with Gasteiger partial charge in [-0.3, -0.25) is 0 Å². The van der Waals surface area contributed by atoms with Crippen molar-refractivity contribution in [3.05, 3.63) is 71.3 Å². The van der Waals surface area contributed by atoms with Crippen molar-refractivity contribution in [2.24, 2.45) is 0 Å². The van der Waals surface area contributed by atoms with Crippen LogP contribution < -0.4 is 27.2 Å². The molecule has 0 aromatic heterocycles. The first-order chi connectivity index (χ1) is 25.1. The third-order valence-corrected chi connectivity index (χ3v) is 30.0. The fourth-order valence-electron chi connectivity index (χ4n) is 4.68. The van der Waals surface area contributed by atoms with Gasteiger partial charge in [0.2, 0.25) is 33.3 Å². The molecule has 0 spiro atoms. The summed E-state index contributed by atoms with van der Waals surface area (Å²) in [5.74, 6) is 4.41. The Morgan fingerprint density at radius 1 is 0.357 bits per heavy atom. The van der Waals surface area contributed by atoms with Crippen LogP contribution in [0.2, 0.25) is 72.5 Å². The molecule has 0 aliphatic rings. The van der Waals surface area contributed by atoms with E-state index in [1.165, 1.54) is 0 Å². The number of benzene rings is 3. The van der Waals surface area contributed by atoms with Gasteiger partial charge in [-0.15, -0.1) is 0 Å². The van der Waals surface area contributed by atoms with Gasteiger partial charge in [0.15, 0.2) is 0 Å². The summed E-state index contributed by atoms with van der Waals surface area (Å²) in [5.41, 5.74) is 2.59. The largest absolute Gasteiger partial charge is 0.543 e. The summed E-state index contributed by atoms with van der Waals surface area (Å²) in [6, 6.07) is 17.9. The van der Waals surface area contributed by atoms with Gasteiger partial charge in [-0.1, -0.05) is 83.1 Å². The molecule has 11 heteroatoms. The van der Waals surface area contributed by atoms with E-state index in [0.29, 0.717) is 17.1 Å². The lowest BCUT2D eigenvalue weighted by molar-refractivity contribution is 0.270. The molecule has 3 rings (SSSR count). The number of rotatable bonds is 15. The second kappa shape index (κ2) is 16.9. The maximum atomic E-state index is 10.2. The molecule has 0 heterocycles. The maximum absolute atomic E-state index is 10.2. The molecule has 0 saturated heterocycles. The minimum absolute atomic E-state index is 0.0412. The standard InChI is InChI=1S/C45H76O7Si4/c1-42(2,3)53(13,14)49-38-23-34(24-39(28-38)50-54(15,16)43(4,5)6)31-47-36-21-33(30-46)22-37(27-36)48-32-35-25-40(51-55(17,18)44(7,8)9)29-41(26-35)52-56(19,20)45(10,11)12/h21-29,46H,30-32H2,1-20H3. The molecular formula is C45H76O7Si4. The highest BCUT2D eigenvalue weighted by atomic mass is 28.4. The maximum Gasteiger partial charge on any atom is 0.250 e. The molecule has 0 aliphatic carbocycles. The van der Waals surface area contributed by atoms with Crippen molar-refractivity contribution in [1.29, 1.82) is 0 Å². The third-order valence-electron chi connectivity index (χ3n) is 12.5. The first kappa shape index (κ1) is 47.7. The summed E-state index contributed by atoms with van der Waals surface area (Å²) >= 11 is 0. The van der Waals surface area contributed by atoms with E-state index < -0.39 is 33.3 Å². The molecule has 0 aliphatic heterocycles. The third kappa shape index (κ3) is 12.6. The summed E-state index contributed by atoms with van der Waals surface area (Å²) in [7, 11) is -8.48. The zero-order chi connectivity index (χ0) is 42.9. The summed E-state index contributed by atoms with van der Waals surface area (Å²) in [5, 5.41) is 10.4. The second-order valence-corrected chi connectivity index (χ2v) is 40.5. The fraction of sp³-hybridized carbons (Fsp3) is 0.600. The molecule has 1 N–H and O–H groups in total. The van der Waals surface area contributed by atoms with Crippen LogP contribution in [-0.4, -0.2) is 38.4 Å². The Balaban J connectivity index is 1.94. The van der Waals surface area contributed by atoms with Crippen molar-refractivity contribution < 1.29 is 32.3 Å². The SMILES string of the molecule is CC(C)(C)[Si](C)(C)Oc1cc(COc2cc(CO)cc(OCc3cc(O[Si](C)(C)C(C)(C)C)cc(O[Si](C)(C)C(C)(C)C)c3)c2)cc(O[Si](C)(C)C(C)(C)C)c1. The predicted molar refractivity (Wildman–Crippen MR) is 245 cm³/mol. The number of aliphatic hydroxyl groups is 1.